The van der Waals surface area contributed by atoms with Crippen LogP contribution in [0.25, 0.3) is 0 Å². The van der Waals surface area contributed by atoms with E-state index in [0.717, 1.165) is 4.90 Å². The molecule has 0 saturated carbocycles. The van der Waals surface area contributed by atoms with Gasteiger partial charge in [-0.2, -0.15) is 5.10 Å². The molecule has 23 heavy (non-hydrogen) atoms. The van der Waals surface area contributed by atoms with Crippen LogP contribution in [0, 0.1) is 0 Å². The molecule has 0 aromatic heterocycles. The highest BCUT2D eigenvalue weighted by atomic mass is 35.5. The van der Waals surface area contributed by atoms with E-state index in [4.69, 9.17) is 34.8 Å². The van der Waals surface area contributed by atoms with Gasteiger partial charge in [0, 0.05) is 20.5 Å². The summed E-state index contributed by atoms with van der Waals surface area (Å²) in [5, 5.41) is 5.30. The first-order valence-electron chi connectivity index (χ1n) is 6.66. The fourth-order valence-corrected chi connectivity index (χ4v) is 3.08. The highest BCUT2D eigenvalue weighted by molar-refractivity contribution is 8.00. The Hall–Kier alpha value is -1.20. The minimum Gasteiger partial charge on any atom is -0.272 e. The molecule has 2 aromatic carbocycles. The van der Waals surface area contributed by atoms with E-state index in [9.17, 15) is 4.79 Å². The lowest BCUT2D eigenvalue weighted by atomic mass is 10.2. The highest BCUT2D eigenvalue weighted by Gasteiger charge is 2.13. The van der Waals surface area contributed by atoms with Crippen LogP contribution in [0.2, 0.25) is 15.1 Å². The normalized spacial score (nSPS) is 12.3. The topological polar surface area (TPSA) is 41.5 Å². The molecule has 0 aliphatic carbocycles. The molecule has 1 amide bonds. The minimum absolute atomic E-state index is 0.203. The highest BCUT2D eigenvalue weighted by Crippen LogP contribution is 2.24. The van der Waals surface area contributed by atoms with Gasteiger partial charge in [0.1, 0.15) is 0 Å². The molecule has 2 aromatic rings. The van der Waals surface area contributed by atoms with E-state index in [0.29, 0.717) is 20.6 Å². The predicted molar refractivity (Wildman–Crippen MR) is 99.0 cm³/mol. The number of carbonyl (C=O) groups excluding carboxylic acids is 1. The molecule has 0 fully saturated rings. The van der Waals surface area contributed by atoms with Crippen molar-refractivity contribution < 1.29 is 4.79 Å². The number of benzene rings is 2. The van der Waals surface area contributed by atoms with Crippen molar-refractivity contribution in [2.24, 2.45) is 5.10 Å². The van der Waals surface area contributed by atoms with E-state index >= 15 is 0 Å². The number of hydrogen-bond acceptors (Lipinski definition) is 3. The Kier molecular flexibility index (Phi) is 6.78. The zero-order chi connectivity index (χ0) is 16.8. The lowest BCUT2D eigenvalue weighted by Crippen LogP contribution is -2.26. The van der Waals surface area contributed by atoms with E-state index in [1.54, 1.807) is 37.3 Å². The molecule has 0 unspecified atom stereocenters. The zero-order valence-corrected chi connectivity index (χ0v) is 15.2. The lowest BCUT2D eigenvalue weighted by Gasteiger charge is -2.09. The van der Waals surface area contributed by atoms with E-state index in [1.165, 1.54) is 18.0 Å². The number of hydrogen-bond donors (Lipinski definition) is 1. The number of thioether (sulfide) groups is 1. The molecule has 0 saturated heterocycles. The summed E-state index contributed by atoms with van der Waals surface area (Å²) in [5.41, 5.74) is 3.17. The summed E-state index contributed by atoms with van der Waals surface area (Å²) in [6.07, 6.45) is 1.48. The first kappa shape index (κ1) is 18.1. The van der Waals surface area contributed by atoms with Crippen molar-refractivity contribution >= 4 is 58.7 Å². The largest absolute Gasteiger partial charge is 0.272 e. The molecule has 0 aliphatic heterocycles. The third-order valence-electron chi connectivity index (χ3n) is 2.84. The number of nitrogens with one attached hydrogen (secondary N) is 1. The minimum atomic E-state index is -0.297. The summed E-state index contributed by atoms with van der Waals surface area (Å²) in [6.45, 7) is 1.80. The van der Waals surface area contributed by atoms with Crippen LogP contribution in [0.1, 0.15) is 12.5 Å². The molecular weight excluding hydrogens is 375 g/mol. The smallest absolute Gasteiger partial charge is 0.253 e. The maximum absolute atomic E-state index is 12.0. The van der Waals surface area contributed by atoms with Crippen molar-refractivity contribution in [3.63, 3.8) is 0 Å². The fraction of sp³-hybridized carbons (Fsp3) is 0.125. The Morgan fingerprint density at radius 1 is 1.13 bits per heavy atom. The van der Waals surface area contributed by atoms with Gasteiger partial charge in [-0.3, -0.25) is 4.79 Å². The zero-order valence-electron chi connectivity index (χ0n) is 12.1. The van der Waals surface area contributed by atoms with Crippen LogP contribution in [0.5, 0.6) is 0 Å². The summed E-state index contributed by atoms with van der Waals surface area (Å²) >= 11 is 19.1. The summed E-state index contributed by atoms with van der Waals surface area (Å²) in [6, 6.07) is 12.4. The van der Waals surface area contributed by atoms with E-state index in [-0.39, 0.29) is 11.2 Å². The maximum Gasteiger partial charge on any atom is 0.253 e. The van der Waals surface area contributed by atoms with Crippen LogP contribution in [0.4, 0.5) is 0 Å². The van der Waals surface area contributed by atoms with Crippen LogP contribution in [0.15, 0.2) is 52.5 Å². The number of rotatable bonds is 5. The first-order valence-corrected chi connectivity index (χ1v) is 8.67. The number of amides is 1. The van der Waals surface area contributed by atoms with Gasteiger partial charge in [-0.15, -0.1) is 11.8 Å². The van der Waals surface area contributed by atoms with Gasteiger partial charge in [0.15, 0.2) is 0 Å². The van der Waals surface area contributed by atoms with Crippen LogP contribution < -0.4 is 5.43 Å². The average Bonchev–Trinajstić information content (AvgIpc) is 2.51. The predicted octanol–water partition coefficient (Wildman–Crippen LogP) is 5.28. The molecule has 0 heterocycles. The molecule has 7 heteroatoms. The molecule has 2 rings (SSSR count). The van der Waals surface area contributed by atoms with Crippen LogP contribution in [-0.2, 0) is 4.79 Å². The number of carbonyl (C=O) groups is 1. The quantitative estimate of drug-likeness (QED) is 0.431. The Labute approximate surface area is 154 Å². The van der Waals surface area contributed by atoms with Crippen molar-refractivity contribution in [2.45, 2.75) is 17.1 Å². The van der Waals surface area contributed by atoms with Crippen molar-refractivity contribution in [1.82, 2.24) is 5.43 Å². The second-order valence-corrected chi connectivity index (χ2v) is 7.31. The molecule has 1 atom stereocenters. The summed E-state index contributed by atoms with van der Waals surface area (Å²) in [7, 11) is 0. The van der Waals surface area contributed by atoms with Crippen molar-refractivity contribution in [2.75, 3.05) is 0 Å². The van der Waals surface area contributed by atoms with E-state index in [2.05, 4.69) is 10.5 Å². The SMILES string of the molecule is C[C@H](Sc1ccc(Cl)cc1)C(=O)N/N=C\c1ccc(Cl)cc1Cl. The molecule has 0 radical (unpaired) electrons. The van der Waals surface area contributed by atoms with Gasteiger partial charge in [0.2, 0.25) is 0 Å². The van der Waals surface area contributed by atoms with Gasteiger partial charge < -0.3 is 0 Å². The Balaban J connectivity index is 1.90. The van der Waals surface area contributed by atoms with Crippen molar-refractivity contribution in [3.8, 4) is 0 Å². The third-order valence-corrected chi connectivity index (χ3v) is 4.76. The van der Waals surface area contributed by atoms with Crippen molar-refractivity contribution in [3.05, 3.63) is 63.1 Å². The van der Waals surface area contributed by atoms with Crippen LogP contribution in [0.3, 0.4) is 0 Å². The van der Waals surface area contributed by atoms with E-state index < -0.39 is 0 Å². The Morgan fingerprint density at radius 3 is 2.43 bits per heavy atom. The summed E-state index contributed by atoms with van der Waals surface area (Å²) < 4.78 is 0. The van der Waals surface area contributed by atoms with Crippen molar-refractivity contribution in [1.29, 1.82) is 0 Å². The van der Waals surface area contributed by atoms with Gasteiger partial charge in [-0.25, -0.2) is 5.43 Å². The first-order chi connectivity index (χ1) is 11.0. The Bertz CT molecular complexity index is 720. The van der Waals surface area contributed by atoms with Gasteiger partial charge >= 0.3 is 0 Å². The second kappa shape index (κ2) is 8.60. The molecular formula is C16H13Cl3N2OS. The van der Waals surface area contributed by atoms with Gasteiger partial charge in [0.25, 0.3) is 5.91 Å². The second-order valence-electron chi connectivity index (χ2n) is 4.61. The van der Waals surface area contributed by atoms with Gasteiger partial charge in [0.05, 0.1) is 16.5 Å². The third kappa shape index (κ3) is 5.74. The standard InChI is InChI=1S/C16H13Cl3N2OS/c1-10(23-14-6-4-12(17)5-7-14)16(22)21-20-9-11-2-3-13(18)8-15(11)19/h2-10H,1H3,(H,21,22)/b20-9-/t10-/m0/s1. The molecule has 1 N–H and O–H groups in total. The molecule has 120 valence electrons. The van der Waals surface area contributed by atoms with Crippen LogP contribution >= 0.6 is 46.6 Å². The van der Waals surface area contributed by atoms with E-state index in [1.807, 2.05) is 12.1 Å². The Morgan fingerprint density at radius 2 is 1.78 bits per heavy atom. The monoisotopic (exact) mass is 386 g/mol. The van der Waals surface area contributed by atoms with Gasteiger partial charge in [-0.1, -0.05) is 40.9 Å². The molecule has 0 spiro atoms. The fourth-order valence-electron chi connectivity index (χ4n) is 1.63. The summed E-state index contributed by atoms with van der Waals surface area (Å²) in [4.78, 5) is 13.0. The molecule has 0 bridgehead atoms. The summed E-state index contributed by atoms with van der Waals surface area (Å²) in [5.74, 6) is -0.203. The molecule has 0 aliphatic rings. The average molecular weight is 388 g/mol. The van der Waals surface area contributed by atoms with Crippen LogP contribution in [-0.4, -0.2) is 17.4 Å². The van der Waals surface area contributed by atoms with Gasteiger partial charge in [-0.05, 0) is 43.3 Å². The lowest BCUT2D eigenvalue weighted by molar-refractivity contribution is -0.120. The molecule has 3 nitrogen and oxygen atoms in total. The number of nitrogens with zero attached hydrogens (tertiary/aromatic N) is 1. The number of hydrazone groups is 1. The number of halogens is 3. The maximum atomic E-state index is 12.0.